The van der Waals surface area contributed by atoms with E-state index in [0.717, 1.165) is 58.3 Å². The van der Waals surface area contributed by atoms with Crippen molar-refractivity contribution in [2.45, 2.75) is 25.7 Å². The zero-order valence-corrected chi connectivity index (χ0v) is 19.5. The van der Waals surface area contributed by atoms with Crippen molar-refractivity contribution >= 4 is 44.9 Å². The fraction of sp³-hybridized carbons (Fsp3) is 0.172. The lowest BCUT2D eigenvalue weighted by atomic mass is 9.95. The fourth-order valence-corrected chi connectivity index (χ4v) is 5.60. The van der Waals surface area contributed by atoms with Gasteiger partial charge in [0.25, 0.3) is 5.91 Å². The lowest BCUT2D eigenvalue weighted by Crippen LogP contribution is -2.14. The molecule has 0 saturated carbocycles. The Labute approximate surface area is 203 Å². The molecule has 5 heteroatoms. The molecule has 3 aromatic carbocycles. The van der Waals surface area contributed by atoms with Gasteiger partial charge in [-0.05, 0) is 60.2 Å². The molecule has 1 aliphatic carbocycles. The Morgan fingerprint density at radius 1 is 1.06 bits per heavy atom. The average Bonchev–Trinajstić information content (AvgIpc) is 3.25. The monoisotopic (exact) mass is 464 g/mol. The number of terminal acetylenes is 1. The van der Waals surface area contributed by atoms with Gasteiger partial charge in [0.2, 0.25) is 0 Å². The fourth-order valence-electron chi connectivity index (χ4n) is 4.37. The molecule has 4 aromatic rings. The number of anilines is 1. The molecular weight excluding hydrogens is 440 g/mol. The zero-order valence-electron chi connectivity index (χ0n) is 18.7. The van der Waals surface area contributed by atoms with Gasteiger partial charge in [-0.3, -0.25) is 4.79 Å². The number of fused-ring (bicyclic) bond motifs is 2. The summed E-state index contributed by atoms with van der Waals surface area (Å²) in [5.74, 6) is 3.09. The normalized spacial score (nSPS) is 12.9. The zero-order chi connectivity index (χ0) is 23.3. The van der Waals surface area contributed by atoms with Crippen molar-refractivity contribution in [2.24, 2.45) is 4.99 Å². The largest absolute Gasteiger partial charge is 0.480 e. The predicted molar refractivity (Wildman–Crippen MR) is 141 cm³/mol. The van der Waals surface area contributed by atoms with Crippen molar-refractivity contribution in [3.05, 3.63) is 88.3 Å². The molecule has 0 aliphatic heterocycles. The molecule has 0 saturated heterocycles. The number of benzene rings is 3. The topological polar surface area (TPSA) is 50.7 Å². The number of hydrogen-bond donors (Lipinski definition) is 1. The molecule has 0 fully saturated rings. The van der Waals surface area contributed by atoms with Crippen LogP contribution in [0.15, 0.2) is 71.7 Å². The van der Waals surface area contributed by atoms with E-state index in [9.17, 15) is 4.79 Å². The number of carbonyl (C=O) groups is 1. The molecule has 0 radical (unpaired) electrons. The molecule has 1 aromatic heterocycles. The van der Waals surface area contributed by atoms with Crippen LogP contribution < -0.4 is 10.1 Å². The summed E-state index contributed by atoms with van der Waals surface area (Å²) in [6.45, 7) is 0.178. The van der Waals surface area contributed by atoms with Gasteiger partial charge in [-0.2, -0.15) is 0 Å². The van der Waals surface area contributed by atoms with Crippen LogP contribution in [0.5, 0.6) is 5.75 Å². The van der Waals surface area contributed by atoms with Gasteiger partial charge in [-0.15, -0.1) is 17.8 Å². The third kappa shape index (κ3) is 4.46. The first-order valence-corrected chi connectivity index (χ1v) is 12.2. The second-order valence-electron chi connectivity index (χ2n) is 8.16. The van der Waals surface area contributed by atoms with Crippen molar-refractivity contribution < 1.29 is 9.53 Å². The number of aryl methyl sites for hydroxylation is 1. The summed E-state index contributed by atoms with van der Waals surface area (Å²) in [6, 6.07) is 21.6. The Bertz CT molecular complexity index is 1410. The van der Waals surface area contributed by atoms with Gasteiger partial charge >= 0.3 is 0 Å². The molecule has 1 heterocycles. The van der Waals surface area contributed by atoms with E-state index in [2.05, 4.69) is 17.3 Å². The van der Waals surface area contributed by atoms with Crippen molar-refractivity contribution in [3.8, 4) is 18.1 Å². The van der Waals surface area contributed by atoms with E-state index in [1.54, 1.807) is 11.3 Å². The number of nitrogens with one attached hydrogen (secondary N) is 1. The third-order valence-corrected chi connectivity index (χ3v) is 7.16. The Hall–Kier alpha value is -3.88. The van der Waals surface area contributed by atoms with E-state index in [-0.39, 0.29) is 12.5 Å². The average molecular weight is 465 g/mol. The van der Waals surface area contributed by atoms with Crippen LogP contribution >= 0.6 is 11.3 Å². The molecule has 34 heavy (non-hydrogen) atoms. The van der Waals surface area contributed by atoms with Crippen LogP contribution in [-0.2, 0) is 12.8 Å². The van der Waals surface area contributed by atoms with Crippen molar-refractivity contribution in [1.29, 1.82) is 0 Å². The number of ether oxygens (including phenoxy) is 1. The molecule has 5 rings (SSSR count). The number of amides is 1. The maximum Gasteiger partial charge on any atom is 0.259 e. The minimum Gasteiger partial charge on any atom is -0.480 e. The Kier molecular flexibility index (Phi) is 6.42. The minimum absolute atomic E-state index is 0.112. The van der Waals surface area contributed by atoms with Gasteiger partial charge in [0.15, 0.2) is 0 Å². The molecule has 1 amide bonds. The highest BCUT2D eigenvalue weighted by atomic mass is 32.1. The Morgan fingerprint density at radius 3 is 2.71 bits per heavy atom. The molecule has 0 bridgehead atoms. The van der Waals surface area contributed by atoms with Crippen LogP contribution in [-0.4, -0.2) is 18.7 Å². The molecule has 1 N–H and O–H groups in total. The summed E-state index contributed by atoms with van der Waals surface area (Å²) in [4.78, 5) is 19.5. The van der Waals surface area contributed by atoms with Gasteiger partial charge < -0.3 is 10.1 Å². The highest BCUT2D eigenvalue weighted by molar-refractivity contribution is 7.16. The maximum atomic E-state index is 13.4. The number of carbonyl (C=O) groups excluding carboxylic acids is 1. The number of thiophene rings is 1. The minimum atomic E-state index is -0.112. The van der Waals surface area contributed by atoms with Gasteiger partial charge in [-0.25, -0.2) is 4.99 Å². The van der Waals surface area contributed by atoms with Crippen LogP contribution in [0.1, 0.15) is 39.2 Å². The number of nitrogens with zero attached hydrogens (tertiary/aromatic N) is 1. The first-order valence-electron chi connectivity index (χ1n) is 11.4. The Morgan fingerprint density at radius 2 is 1.85 bits per heavy atom. The Balaban J connectivity index is 1.57. The van der Waals surface area contributed by atoms with Crippen molar-refractivity contribution in [1.82, 2.24) is 0 Å². The van der Waals surface area contributed by atoms with Gasteiger partial charge in [0, 0.05) is 22.3 Å². The van der Waals surface area contributed by atoms with E-state index in [1.807, 2.05) is 66.9 Å². The van der Waals surface area contributed by atoms with Crippen LogP contribution in [0.25, 0.3) is 10.8 Å². The van der Waals surface area contributed by atoms with E-state index < -0.39 is 0 Å². The summed E-state index contributed by atoms with van der Waals surface area (Å²) in [5.41, 5.74) is 3.45. The van der Waals surface area contributed by atoms with E-state index in [1.165, 1.54) is 4.88 Å². The summed E-state index contributed by atoms with van der Waals surface area (Å²) in [5, 5.41) is 5.89. The number of hydrogen-bond acceptors (Lipinski definition) is 4. The first kappa shape index (κ1) is 21.9. The molecular formula is C29H24N2O2S. The second-order valence-corrected chi connectivity index (χ2v) is 9.24. The molecule has 168 valence electrons. The van der Waals surface area contributed by atoms with Crippen LogP contribution in [0.4, 0.5) is 10.7 Å². The molecule has 0 atom stereocenters. The number of para-hydroxylation sites is 1. The van der Waals surface area contributed by atoms with Gasteiger partial charge in [0.05, 0.1) is 5.56 Å². The highest BCUT2D eigenvalue weighted by Gasteiger charge is 2.25. The lowest BCUT2D eigenvalue weighted by Gasteiger charge is -2.13. The lowest BCUT2D eigenvalue weighted by molar-refractivity contribution is 0.102. The van der Waals surface area contributed by atoms with Gasteiger partial charge in [-0.1, -0.05) is 54.5 Å². The predicted octanol–water partition coefficient (Wildman–Crippen LogP) is 6.80. The van der Waals surface area contributed by atoms with Gasteiger partial charge in [0.1, 0.15) is 17.4 Å². The molecule has 0 unspecified atom stereocenters. The smallest absolute Gasteiger partial charge is 0.259 e. The summed E-state index contributed by atoms with van der Waals surface area (Å²) in [6.07, 6.45) is 11.4. The molecule has 4 nitrogen and oxygen atoms in total. The van der Waals surface area contributed by atoms with Crippen molar-refractivity contribution in [2.75, 3.05) is 11.9 Å². The van der Waals surface area contributed by atoms with E-state index in [4.69, 9.17) is 16.2 Å². The maximum absolute atomic E-state index is 13.4. The van der Waals surface area contributed by atoms with Crippen molar-refractivity contribution in [3.63, 3.8) is 0 Å². The number of rotatable bonds is 6. The van der Waals surface area contributed by atoms with Crippen LogP contribution in [0.2, 0.25) is 0 Å². The van der Waals surface area contributed by atoms with E-state index in [0.29, 0.717) is 11.3 Å². The van der Waals surface area contributed by atoms with Crippen LogP contribution in [0.3, 0.4) is 0 Å². The molecule has 1 aliphatic rings. The third-order valence-electron chi connectivity index (χ3n) is 5.96. The second kappa shape index (κ2) is 9.94. The standard InChI is InChI=1S/C29H24N2O2S/c1-2-18-33-25-17-16-20-10-6-7-13-22(20)24(25)19-30-29-27(23-14-8-9-15-26(23)34-29)28(32)31-21-11-4-3-5-12-21/h1,3-7,10-13,16-17,19H,8-9,14-15,18H2,(H,31,32). The van der Waals surface area contributed by atoms with E-state index >= 15 is 0 Å². The summed E-state index contributed by atoms with van der Waals surface area (Å²) >= 11 is 1.62. The quantitative estimate of drug-likeness (QED) is 0.252. The number of aliphatic imine (C=N–C) groups is 1. The summed E-state index contributed by atoms with van der Waals surface area (Å²) < 4.78 is 5.82. The highest BCUT2D eigenvalue weighted by Crippen LogP contribution is 2.40. The first-order chi connectivity index (χ1) is 16.7. The summed E-state index contributed by atoms with van der Waals surface area (Å²) in [7, 11) is 0. The van der Waals surface area contributed by atoms with Crippen LogP contribution in [0, 0.1) is 12.3 Å². The molecule has 0 spiro atoms. The SMILES string of the molecule is C#CCOc1ccc2ccccc2c1C=Nc1sc2c(c1C(=O)Nc1ccccc1)CCCC2.